The molecule has 16 heavy (non-hydrogen) atoms. The van der Waals surface area contributed by atoms with Crippen LogP contribution in [0.4, 0.5) is 0 Å². The maximum atomic E-state index is 11.6. The summed E-state index contributed by atoms with van der Waals surface area (Å²) < 4.78 is 0.261. The smallest absolute Gasteiger partial charge is 0.234 e. The second-order valence-corrected chi connectivity index (χ2v) is 7.46. The first kappa shape index (κ1) is 13.8. The molecule has 1 amide bonds. The Balaban J connectivity index is 2.20. The molecule has 1 unspecified atom stereocenters. The van der Waals surface area contributed by atoms with Gasteiger partial charge in [0.15, 0.2) is 0 Å². The molecule has 4 heteroatoms. The summed E-state index contributed by atoms with van der Waals surface area (Å²) in [4.78, 5) is 11.6. The second kappa shape index (κ2) is 5.41. The van der Waals surface area contributed by atoms with Gasteiger partial charge in [-0.15, -0.1) is 0 Å². The number of rotatable bonds is 4. The summed E-state index contributed by atoms with van der Waals surface area (Å²) in [6.07, 6.45) is 2.49. The molecule has 1 rings (SSSR count). The zero-order chi connectivity index (χ0) is 12.2. The van der Waals surface area contributed by atoms with Gasteiger partial charge in [0.05, 0.1) is 6.54 Å². The van der Waals surface area contributed by atoms with Gasteiger partial charge in [0, 0.05) is 16.8 Å². The van der Waals surface area contributed by atoms with Crippen LogP contribution in [-0.4, -0.2) is 35.0 Å². The zero-order valence-electron chi connectivity index (χ0n) is 10.9. The highest BCUT2D eigenvalue weighted by Gasteiger charge is 2.29. The quantitative estimate of drug-likeness (QED) is 0.792. The molecule has 3 nitrogen and oxygen atoms in total. The summed E-state index contributed by atoms with van der Waals surface area (Å²) in [5, 5.41) is 6.21. The molecule has 1 fully saturated rings. The van der Waals surface area contributed by atoms with Gasteiger partial charge < -0.3 is 10.6 Å². The fraction of sp³-hybridized carbons (Fsp3) is 0.917. The van der Waals surface area contributed by atoms with E-state index in [-0.39, 0.29) is 16.2 Å². The first-order valence-electron chi connectivity index (χ1n) is 5.96. The lowest BCUT2D eigenvalue weighted by molar-refractivity contribution is -0.120. The van der Waals surface area contributed by atoms with E-state index in [1.54, 1.807) is 0 Å². The van der Waals surface area contributed by atoms with Crippen molar-refractivity contribution in [3.63, 3.8) is 0 Å². The molecule has 2 N–H and O–H groups in total. The van der Waals surface area contributed by atoms with Gasteiger partial charge >= 0.3 is 0 Å². The lowest BCUT2D eigenvalue weighted by Crippen LogP contribution is -2.45. The predicted octanol–water partition coefficient (Wildman–Crippen LogP) is 1.78. The van der Waals surface area contributed by atoms with Crippen LogP contribution in [0.5, 0.6) is 0 Å². The van der Waals surface area contributed by atoms with E-state index in [1.807, 2.05) is 11.8 Å². The molecule has 0 aliphatic carbocycles. The molecule has 1 atom stereocenters. The van der Waals surface area contributed by atoms with Gasteiger partial charge in [-0.25, -0.2) is 0 Å². The molecular weight excluding hydrogens is 220 g/mol. The molecule has 1 aliphatic heterocycles. The minimum absolute atomic E-state index is 0.00332. The molecule has 0 spiro atoms. The van der Waals surface area contributed by atoms with Gasteiger partial charge in [-0.3, -0.25) is 4.79 Å². The van der Waals surface area contributed by atoms with Crippen LogP contribution < -0.4 is 10.6 Å². The zero-order valence-corrected chi connectivity index (χ0v) is 11.7. The highest BCUT2D eigenvalue weighted by atomic mass is 32.2. The first-order chi connectivity index (χ1) is 7.31. The van der Waals surface area contributed by atoms with E-state index in [9.17, 15) is 4.79 Å². The predicted molar refractivity (Wildman–Crippen MR) is 70.9 cm³/mol. The van der Waals surface area contributed by atoms with E-state index in [0.717, 1.165) is 6.54 Å². The number of hydrogen-bond acceptors (Lipinski definition) is 3. The third-order valence-corrected chi connectivity index (χ3v) is 4.28. The Kier molecular flexibility index (Phi) is 4.68. The third kappa shape index (κ3) is 5.21. The molecule has 1 saturated heterocycles. The van der Waals surface area contributed by atoms with Crippen molar-refractivity contribution in [2.24, 2.45) is 0 Å². The van der Waals surface area contributed by atoms with Crippen LogP contribution in [-0.2, 0) is 4.79 Å². The van der Waals surface area contributed by atoms with Crippen LogP contribution in [0.1, 0.15) is 40.5 Å². The second-order valence-electron chi connectivity index (χ2n) is 5.78. The van der Waals surface area contributed by atoms with Crippen molar-refractivity contribution in [2.75, 3.05) is 18.8 Å². The number of hydrogen-bond donors (Lipinski definition) is 2. The van der Waals surface area contributed by atoms with Crippen molar-refractivity contribution in [3.8, 4) is 0 Å². The van der Waals surface area contributed by atoms with E-state index in [4.69, 9.17) is 0 Å². The average Bonchev–Trinajstić information content (AvgIpc) is 2.59. The molecule has 94 valence electrons. The highest BCUT2D eigenvalue weighted by Crippen LogP contribution is 2.36. The SMILES string of the molecule is CC(C)(C)NCC(=O)NCC1(C)CCCS1. The van der Waals surface area contributed by atoms with Gasteiger partial charge in [-0.1, -0.05) is 0 Å². The normalized spacial score (nSPS) is 25.8. The summed E-state index contributed by atoms with van der Waals surface area (Å²) in [6, 6.07) is 0. The molecule has 0 aromatic carbocycles. The van der Waals surface area contributed by atoms with Crippen molar-refractivity contribution < 1.29 is 4.79 Å². The Morgan fingerprint density at radius 1 is 1.44 bits per heavy atom. The topological polar surface area (TPSA) is 41.1 Å². The Hall–Kier alpha value is -0.220. The Labute approximate surface area is 103 Å². The van der Waals surface area contributed by atoms with Crippen LogP contribution in [0, 0.1) is 0 Å². The van der Waals surface area contributed by atoms with E-state index in [2.05, 4.69) is 38.3 Å². The summed E-state index contributed by atoms with van der Waals surface area (Å²) in [6.45, 7) is 9.63. The Morgan fingerprint density at radius 2 is 2.12 bits per heavy atom. The van der Waals surface area contributed by atoms with Gasteiger partial charge in [0.25, 0.3) is 0 Å². The van der Waals surface area contributed by atoms with Gasteiger partial charge in [-0.05, 0) is 46.3 Å². The molecule has 0 aromatic rings. The largest absolute Gasteiger partial charge is 0.354 e. The lowest BCUT2D eigenvalue weighted by Gasteiger charge is -2.24. The molecule has 1 heterocycles. The summed E-state index contributed by atoms with van der Waals surface area (Å²) in [5.41, 5.74) is 0.00332. The van der Waals surface area contributed by atoms with Crippen molar-refractivity contribution >= 4 is 17.7 Å². The maximum Gasteiger partial charge on any atom is 0.234 e. The Morgan fingerprint density at radius 3 is 2.62 bits per heavy atom. The number of nitrogens with one attached hydrogen (secondary N) is 2. The Bertz CT molecular complexity index is 242. The van der Waals surface area contributed by atoms with E-state index < -0.39 is 0 Å². The fourth-order valence-corrected chi connectivity index (χ4v) is 2.91. The number of carbonyl (C=O) groups excluding carboxylic acids is 1. The van der Waals surface area contributed by atoms with E-state index in [1.165, 1.54) is 18.6 Å². The minimum atomic E-state index is 0.00332. The summed E-state index contributed by atoms with van der Waals surface area (Å²) >= 11 is 1.98. The molecule has 0 bridgehead atoms. The summed E-state index contributed by atoms with van der Waals surface area (Å²) in [5.74, 6) is 1.33. The summed E-state index contributed by atoms with van der Waals surface area (Å²) in [7, 11) is 0. The highest BCUT2D eigenvalue weighted by molar-refractivity contribution is 8.00. The third-order valence-electron chi connectivity index (χ3n) is 2.74. The van der Waals surface area contributed by atoms with E-state index in [0.29, 0.717) is 6.54 Å². The van der Waals surface area contributed by atoms with E-state index >= 15 is 0 Å². The molecule has 0 saturated carbocycles. The first-order valence-corrected chi connectivity index (χ1v) is 6.95. The molecule has 1 aliphatic rings. The van der Waals surface area contributed by atoms with Crippen molar-refractivity contribution in [2.45, 2.75) is 50.8 Å². The van der Waals surface area contributed by atoms with Crippen molar-refractivity contribution in [3.05, 3.63) is 0 Å². The molecular formula is C12H24N2OS. The van der Waals surface area contributed by atoms with Gasteiger partial charge in [0.1, 0.15) is 0 Å². The average molecular weight is 244 g/mol. The minimum Gasteiger partial charge on any atom is -0.354 e. The van der Waals surface area contributed by atoms with Crippen LogP contribution in [0.15, 0.2) is 0 Å². The van der Waals surface area contributed by atoms with Crippen molar-refractivity contribution in [1.29, 1.82) is 0 Å². The van der Waals surface area contributed by atoms with Gasteiger partial charge in [0.2, 0.25) is 5.91 Å². The monoisotopic (exact) mass is 244 g/mol. The number of carbonyl (C=O) groups is 1. The molecule has 0 aromatic heterocycles. The van der Waals surface area contributed by atoms with Gasteiger partial charge in [-0.2, -0.15) is 11.8 Å². The lowest BCUT2D eigenvalue weighted by atomic mass is 10.1. The van der Waals surface area contributed by atoms with Crippen LogP contribution in [0.3, 0.4) is 0 Å². The number of amides is 1. The maximum absolute atomic E-state index is 11.6. The van der Waals surface area contributed by atoms with Crippen LogP contribution >= 0.6 is 11.8 Å². The fourth-order valence-electron chi connectivity index (χ4n) is 1.67. The van der Waals surface area contributed by atoms with Crippen molar-refractivity contribution in [1.82, 2.24) is 10.6 Å². The standard InChI is InChI=1S/C12H24N2OS/c1-11(2,3)14-8-10(15)13-9-12(4)6-5-7-16-12/h14H,5-9H2,1-4H3,(H,13,15). The van der Waals surface area contributed by atoms with Crippen LogP contribution in [0.25, 0.3) is 0 Å². The van der Waals surface area contributed by atoms with Crippen LogP contribution in [0.2, 0.25) is 0 Å². The number of thioether (sulfide) groups is 1. The molecule has 0 radical (unpaired) electrons.